The highest BCUT2D eigenvalue weighted by Crippen LogP contribution is 2.27. The van der Waals surface area contributed by atoms with Crippen LogP contribution < -0.4 is 0 Å². The molecule has 2 aromatic rings. The summed E-state index contributed by atoms with van der Waals surface area (Å²) in [6, 6.07) is 12.6. The Labute approximate surface area is 157 Å². The first-order valence-corrected chi connectivity index (χ1v) is 9.90. The number of non-ortho nitro benzene ring substituents is 1. The number of aryl methyl sites for hydroxylation is 1. The number of rotatable bonds is 4. The number of β-amino-alcohol motifs (C(OH)–C–C–N with tert-alkyl or cyclic N) is 1. The van der Waals surface area contributed by atoms with Gasteiger partial charge in [-0.05, 0) is 36.6 Å². The average Bonchev–Trinajstić information content (AvgIpc) is 2.84. The van der Waals surface area contributed by atoms with Crippen molar-refractivity contribution in [1.29, 1.82) is 0 Å². The van der Waals surface area contributed by atoms with Gasteiger partial charge in [-0.25, -0.2) is 8.42 Å². The third kappa shape index (κ3) is 4.24. The summed E-state index contributed by atoms with van der Waals surface area (Å²) in [7, 11) is -3.80. The SMILES string of the molecule is Cc1ccc(S(=O)(=O)N2CC(c3cccc([N+](=O)[O-])c3)=CCC(O)C2)cc1. The fourth-order valence-electron chi connectivity index (χ4n) is 2.98. The van der Waals surface area contributed by atoms with Gasteiger partial charge < -0.3 is 5.11 Å². The second-order valence-corrected chi connectivity index (χ2v) is 8.47. The van der Waals surface area contributed by atoms with Gasteiger partial charge in [0.25, 0.3) is 5.69 Å². The molecule has 27 heavy (non-hydrogen) atoms. The van der Waals surface area contributed by atoms with Crippen molar-refractivity contribution >= 4 is 21.3 Å². The minimum atomic E-state index is -3.80. The average molecular weight is 388 g/mol. The van der Waals surface area contributed by atoms with Crippen molar-refractivity contribution in [3.63, 3.8) is 0 Å². The Morgan fingerprint density at radius 2 is 1.89 bits per heavy atom. The molecular weight excluding hydrogens is 368 g/mol. The lowest BCUT2D eigenvalue weighted by Crippen LogP contribution is -2.37. The molecule has 0 saturated heterocycles. The molecule has 0 spiro atoms. The monoisotopic (exact) mass is 388 g/mol. The third-order valence-corrected chi connectivity index (χ3v) is 6.31. The van der Waals surface area contributed by atoms with Gasteiger partial charge in [-0.15, -0.1) is 0 Å². The summed E-state index contributed by atoms with van der Waals surface area (Å²) in [4.78, 5) is 10.7. The molecule has 0 saturated carbocycles. The number of aliphatic hydroxyl groups is 1. The van der Waals surface area contributed by atoms with Gasteiger partial charge in [-0.3, -0.25) is 10.1 Å². The maximum absolute atomic E-state index is 13.0. The number of hydrogen-bond donors (Lipinski definition) is 1. The van der Waals surface area contributed by atoms with E-state index < -0.39 is 21.1 Å². The van der Waals surface area contributed by atoms with Crippen molar-refractivity contribution in [1.82, 2.24) is 4.31 Å². The molecule has 1 atom stereocenters. The molecule has 1 heterocycles. The smallest absolute Gasteiger partial charge is 0.270 e. The Morgan fingerprint density at radius 1 is 1.19 bits per heavy atom. The van der Waals surface area contributed by atoms with Gasteiger partial charge in [0.05, 0.1) is 15.9 Å². The van der Waals surface area contributed by atoms with Gasteiger partial charge in [0.2, 0.25) is 10.0 Å². The van der Waals surface area contributed by atoms with Crippen molar-refractivity contribution in [2.24, 2.45) is 0 Å². The fourth-order valence-corrected chi connectivity index (χ4v) is 4.43. The lowest BCUT2D eigenvalue weighted by molar-refractivity contribution is -0.384. The standard InChI is InChI=1S/C19H20N2O5S/c1-14-5-9-19(10-6-14)27(25,26)20-12-16(7-8-18(22)13-20)15-3-2-4-17(11-15)21(23)24/h2-7,9-11,18,22H,8,12-13H2,1H3. The van der Waals surface area contributed by atoms with E-state index in [1.165, 1.54) is 16.4 Å². The summed E-state index contributed by atoms with van der Waals surface area (Å²) in [5, 5.41) is 21.2. The molecule has 8 heteroatoms. The number of sulfonamides is 1. The number of hydrogen-bond acceptors (Lipinski definition) is 5. The zero-order chi connectivity index (χ0) is 19.6. The lowest BCUT2D eigenvalue weighted by atomic mass is 10.0. The van der Waals surface area contributed by atoms with Crippen LogP contribution >= 0.6 is 0 Å². The van der Waals surface area contributed by atoms with E-state index in [1.807, 2.05) is 6.92 Å². The van der Waals surface area contributed by atoms with Crippen molar-refractivity contribution < 1.29 is 18.4 Å². The molecule has 1 aliphatic rings. The van der Waals surface area contributed by atoms with Crippen molar-refractivity contribution in [2.45, 2.75) is 24.3 Å². The molecule has 2 aromatic carbocycles. The van der Waals surface area contributed by atoms with Crippen LogP contribution in [-0.4, -0.2) is 41.9 Å². The molecule has 0 aromatic heterocycles. The molecule has 1 N–H and O–H groups in total. The van der Waals surface area contributed by atoms with Crippen LogP contribution in [0.1, 0.15) is 17.5 Å². The molecule has 7 nitrogen and oxygen atoms in total. The van der Waals surface area contributed by atoms with Crippen molar-refractivity contribution in [3.8, 4) is 0 Å². The molecule has 1 unspecified atom stereocenters. The van der Waals surface area contributed by atoms with Crippen LogP contribution in [0.5, 0.6) is 0 Å². The topological polar surface area (TPSA) is 101 Å². The van der Waals surface area contributed by atoms with E-state index in [4.69, 9.17) is 0 Å². The van der Waals surface area contributed by atoms with Crippen LogP contribution in [0, 0.1) is 17.0 Å². The molecule has 142 valence electrons. The normalized spacial score (nSPS) is 18.6. The summed E-state index contributed by atoms with van der Waals surface area (Å²) >= 11 is 0. The van der Waals surface area contributed by atoms with E-state index in [-0.39, 0.29) is 30.1 Å². The summed E-state index contributed by atoms with van der Waals surface area (Å²) in [6.45, 7) is 1.87. The van der Waals surface area contributed by atoms with E-state index in [0.29, 0.717) is 11.1 Å². The summed E-state index contributed by atoms with van der Waals surface area (Å²) in [5.74, 6) is 0. The second-order valence-electron chi connectivity index (χ2n) is 6.54. The second kappa shape index (κ2) is 7.59. The predicted molar refractivity (Wildman–Crippen MR) is 102 cm³/mol. The molecule has 0 bridgehead atoms. The van der Waals surface area contributed by atoms with Crippen molar-refractivity contribution in [2.75, 3.05) is 13.1 Å². The molecule has 0 amide bonds. The zero-order valence-electron chi connectivity index (χ0n) is 14.8. The van der Waals surface area contributed by atoms with Gasteiger partial charge in [-0.1, -0.05) is 35.9 Å². The molecule has 0 fully saturated rings. The Hall–Kier alpha value is -2.55. The van der Waals surface area contributed by atoms with Crippen LogP contribution in [-0.2, 0) is 10.0 Å². The van der Waals surface area contributed by atoms with Gasteiger partial charge in [-0.2, -0.15) is 4.31 Å². The first kappa shape index (κ1) is 19.2. The highest BCUT2D eigenvalue weighted by atomic mass is 32.2. The van der Waals surface area contributed by atoms with Crippen LogP contribution in [0.4, 0.5) is 5.69 Å². The van der Waals surface area contributed by atoms with E-state index >= 15 is 0 Å². The summed E-state index contributed by atoms with van der Waals surface area (Å²) in [6.07, 6.45) is 1.17. The molecule has 1 aliphatic heterocycles. The summed E-state index contributed by atoms with van der Waals surface area (Å²) in [5.41, 5.74) is 2.08. The zero-order valence-corrected chi connectivity index (χ0v) is 15.6. The lowest BCUT2D eigenvalue weighted by Gasteiger charge is -2.23. The number of nitro groups is 1. The van der Waals surface area contributed by atoms with E-state index in [2.05, 4.69) is 0 Å². The Kier molecular flexibility index (Phi) is 5.41. The van der Waals surface area contributed by atoms with Crippen LogP contribution in [0.25, 0.3) is 5.57 Å². The van der Waals surface area contributed by atoms with Crippen LogP contribution in [0.15, 0.2) is 59.5 Å². The third-order valence-electron chi connectivity index (χ3n) is 4.48. The van der Waals surface area contributed by atoms with E-state index in [1.54, 1.807) is 42.5 Å². The minimum Gasteiger partial charge on any atom is -0.391 e. The van der Waals surface area contributed by atoms with E-state index in [0.717, 1.165) is 5.56 Å². The largest absolute Gasteiger partial charge is 0.391 e. The number of nitro benzene ring substituents is 1. The van der Waals surface area contributed by atoms with Crippen molar-refractivity contribution in [3.05, 3.63) is 75.8 Å². The summed E-state index contributed by atoms with van der Waals surface area (Å²) < 4.78 is 27.3. The fraction of sp³-hybridized carbons (Fsp3) is 0.263. The van der Waals surface area contributed by atoms with Crippen LogP contribution in [0.3, 0.4) is 0 Å². The minimum absolute atomic E-state index is 0.0361. The number of nitrogens with zero attached hydrogens (tertiary/aromatic N) is 2. The molecular formula is C19H20N2O5S. The maximum Gasteiger partial charge on any atom is 0.270 e. The van der Waals surface area contributed by atoms with E-state index in [9.17, 15) is 23.6 Å². The Balaban J connectivity index is 1.96. The van der Waals surface area contributed by atoms with Crippen LogP contribution in [0.2, 0.25) is 0 Å². The quantitative estimate of drug-likeness (QED) is 0.641. The number of benzene rings is 2. The van der Waals surface area contributed by atoms with Gasteiger partial charge in [0.1, 0.15) is 0 Å². The highest BCUT2D eigenvalue weighted by Gasteiger charge is 2.29. The molecule has 3 rings (SSSR count). The maximum atomic E-state index is 13.0. The first-order valence-electron chi connectivity index (χ1n) is 8.46. The Bertz CT molecular complexity index is 983. The first-order chi connectivity index (χ1) is 12.8. The highest BCUT2D eigenvalue weighted by molar-refractivity contribution is 7.89. The van der Waals surface area contributed by atoms with Gasteiger partial charge in [0.15, 0.2) is 0 Å². The molecule has 0 aliphatic carbocycles. The Morgan fingerprint density at radius 3 is 2.56 bits per heavy atom. The molecule has 0 radical (unpaired) electrons. The number of aliphatic hydroxyl groups excluding tert-OH is 1. The van der Waals surface area contributed by atoms with Gasteiger partial charge in [0, 0.05) is 25.2 Å². The predicted octanol–water partition coefficient (Wildman–Crippen LogP) is 2.74. The van der Waals surface area contributed by atoms with Gasteiger partial charge >= 0.3 is 0 Å².